The lowest BCUT2D eigenvalue weighted by Crippen LogP contribution is -2.32. The van der Waals surface area contributed by atoms with Crippen LogP contribution in [0.4, 0.5) is 0 Å². The third kappa shape index (κ3) is 3.93. The Bertz CT molecular complexity index is 317. The molecule has 0 aromatic carbocycles. The van der Waals surface area contributed by atoms with Crippen molar-refractivity contribution in [3.05, 3.63) is 12.2 Å². The predicted molar refractivity (Wildman–Crippen MR) is 66.2 cm³/mol. The lowest BCUT2D eigenvalue weighted by molar-refractivity contribution is 0.280. The van der Waals surface area contributed by atoms with Crippen molar-refractivity contribution in [2.75, 3.05) is 6.54 Å². The van der Waals surface area contributed by atoms with Crippen molar-refractivity contribution in [3.63, 3.8) is 0 Å². The van der Waals surface area contributed by atoms with Crippen LogP contribution >= 0.6 is 0 Å². The van der Waals surface area contributed by atoms with Crippen molar-refractivity contribution in [2.45, 2.75) is 46.6 Å². The molecule has 0 aliphatic rings. The fourth-order valence-electron chi connectivity index (χ4n) is 2.23. The fraction of sp³-hybridized carbons (Fsp3) is 0.833. The van der Waals surface area contributed by atoms with E-state index in [1.54, 1.807) is 6.33 Å². The largest absolute Gasteiger partial charge is 0.315 e. The molecule has 0 bridgehead atoms. The molecule has 1 rings (SSSR count). The molecular formula is C12H24N4. The SMILES string of the molecule is CCNC(C)CC(C)(C)Cc1ncnn1C. The monoisotopic (exact) mass is 224 g/mol. The summed E-state index contributed by atoms with van der Waals surface area (Å²) in [6, 6.07) is 0.549. The molecule has 0 saturated carbocycles. The van der Waals surface area contributed by atoms with Gasteiger partial charge in [-0.25, -0.2) is 4.98 Å². The van der Waals surface area contributed by atoms with E-state index in [1.807, 2.05) is 11.7 Å². The van der Waals surface area contributed by atoms with Gasteiger partial charge in [0, 0.05) is 19.5 Å². The second-order valence-electron chi connectivity index (χ2n) is 5.30. The van der Waals surface area contributed by atoms with Crippen LogP contribution in [0.3, 0.4) is 0 Å². The highest BCUT2D eigenvalue weighted by atomic mass is 15.3. The van der Waals surface area contributed by atoms with E-state index in [0.717, 1.165) is 25.2 Å². The van der Waals surface area contributed by atoms with Crippen molar-refractivity contribution >= 4 is 0 Å². The van der Waals surface area contributed by atoms with Crippen LogP contribution in [-0.4, -0.2) is 27.4 Å². The topological polar surface area (TPSA) is 42.7 Å². The minimum atomic E-state index is 0.252. The van der Waals surface area contributed by atoms with Crippen LogP contribution in [-0.2, 0) is 13.5 Å². The average molecular weight is 224 g/mol. The average Bonchev–Trinajstić information content (AvgIpc) is 2.50. The maximum Gasteiger partial charge on any atom is 0.138 e. The molecule has 1 heterocycles. The van der Waals surface area contributed by atoms with E-state index in [1.165, 1.54) is 0 Å². The van der Waals surface area contributed by atoms with Gasteiger partial charge in [0.05, 0.1) is 0 Å². The van der Waals surface area contributed by atoms with Crippen LogP contribution in [0.15, 0.2) is 6.33 Å². The van der Waals surface area contributed by atoms with Gasteiger partial charge in [0.1, 0.15) is 12.2 Å². The molecule has 16 heavy (non-hydrogen) atoms. The van der Waals surface area contributed by atoms with Crippen LogP contribution < -0.4 is 5.32 Å². The van der Waals surface area contributed by atoms with Gasteiger partial charge in [0.2, 0.25) is 0 Å². The molecule has 1 atom stereocenters. The van der Waals surface area contributed by atoms with Gasteiger partial charge < -0.3 is 5.32 Å². The van der Waals surface area contributed by atoms with Gasteiger partial charge >= 0.3 is 0 Å². The first-order chi connectivity index (χ1) is 7.44. The fourth-order valence-corrected chi connectivity index (χ4v) is 2.23. The maximum absolute atomic E-state index is 4.29. The Labute approximate surface area is 98.5 Å². The van der Waals surface area contributed by atoms with Crippen LogP contribution in [0.2, 0.25) is 0 Å². The first kappa shape index (κ1) is 13.2. The summed E-state index contributed by atoms with van der Waals surface area (Å²) in [4.78, 5) is 4.29. The zero-order chi connectivity index (χ0) is 12.2. The highest BCUT2D eigenvalue weighted by Gasteiger charge is 2.23. The van der Waals surface area contributed by atoms with Crippen molar-refractivity contribution < 1.29 is 0 Å². The Kier molecular flexibility index (Phi) is 4.47. The Hall–Kier alpha value is -0.900. The zero-order valence-electron chi connectivity index (χ0n) is 11.1. The summed E-state index contributed by atoms with van der Waals surface area (Å²) in [7, 11) is 1.95. The van der Waals surface area contributed by atoms with E-state index >= 15 is 0 Å². The Morgan fingerprint density at radius 3 is 2.69 bits per heavy atom. The number of aromatic nitrogens is 3. The van der Waals surface area contributed by atoms with Gasteiger partial charge in [-0.3, -0.25) is 4.68 Å². The van der Waals surface area contributed by atoms with Crippen LogP contribution in [0.5, 0.6) is 0 Å². The molecular weight excluding hydrogens is 200 g/mol. The van der Waals surface area contributed by atoms with E-state index in [0.29, 0.717) is 6.04 Å². The summed E-state index contributed by atoms with van der Waals surface area (Å²) in [5, 5.41) is 7.56. The summed E-state index contributed by atoms with van der Waals surface area (Å²) < 4.78 is 1.86. The highest BCUT2D eigenvalue weighted by Crippen LogP contribution is 2.26. The number of rotatable bonds is 6. The molecule has 0 spiro atoms. The van der Waals surface area contributed by atoms with Gasteiger partial charge in [-0.1, -0.05) is 20.8 Å². The molecule has 0 saturated heterocycles. The minimum Gasteiger partial charge on any atom is -0.315 e. The number of aryl methyl sites for hydroxylation is 1. The predicted octanol–water partition coefficient (Wildman–Crippen LogP) is 1.77. The lowest BCUT2D eigenvalue weighted by Gasteiger charge is -2.27. The third-order valence-electron chi connectivity index (χ3n) is 2.85. The van der Waals surface area contributed by atoms with Crippen molar-refractivity contribution in [2.24, 2.45) is 12.5 Å². The summed E-state index contributed by atoms with van der Waals surface area (Å²) >= 11 is 0. The summed E-state index contributed by atoms with van der Waals surface area (Å²) in [6.45, 7) is 9.99. The highest BCUT2D eigenvalue weighted by molar-refractivity contribution is 4.91. The number of hydrogen-bond donors (Lipinski definition) is 1. The molecule has 1 aromatic heterocycles. The molecule has 0 amide bonds. The Morgan fingerprint density at radius 2 is 2.19 bits per heavy atom. The van der Waals surface area contributed by atoms with Gasteiger partial charge in [-0.2, -0.15) is 5.10 Å². The van der Waals surface area contributed by atoms with Crippen LogP contribution in [0.1, 0.15) is 39.9 Å². The van der Waals surface area contributed by atoms with Gasteiger partial charge in [-0.15, -0.1) is 0 Å². The first-order valence-corrected chi connectivity index (χ1v) is 6.01. The molecule has 0 radical (unpaired) electrons. The van der Waals surface area contributed by atoms with E-state index in [9.17, 15) is 0 Å². The van der Waals surface area contributed by atoms with Gasteiger partial charge in [0.15, 0.2) is 0 Å². The smallest absolute Gasteiger partial charge is 0.138 e. The summed E-state index contributed by atoms with van der Waals surface area (Å²) in [5.74, 6) is 1.06. The molecule has 1 unspecified atom stereocenters. The quantitative estimate of drug-likeness (QED) is 0.801. The van der Waals surface area contributed by atoms with Crippen LogP contribution in [0.25, 0.3) is 0 Å². The molecule has 0 fully saturated rings. The molecule has 0 aliphatic heterocycles. The molecule has 92 valence electrons. The molecule has 1 aromatic rings. The Balaban J connectivity index is 2.54. The van der Waals surface area contributed by atoms with Gasteiger partial charge in [-0.05, 0) is 25.3 Å². The summed E-state index contributed by atoms with van der Waals surface area (Å²) in [6.07, 6.45) is 3.74. The third-order valence-corrected chi connectivity index (χ3v) is 2.85. The lowest BCUT2D eigenvalue weighted by atomic mass is 9.82. The van der Waals surface area contributed by atoms with Gasteiger partial charge in [0.25, 0.3) is 0 Å². The maximum atomic E-state index is 4.29. The number of hydrogen-bond acceptors (Lipinski definition) is 3. The number of nitrogens with zero attached hydrogens (tertiary/aromatic N) is 3. The Morgan fingerprint density at radius 1 is 1.50 bits per heavy atom. The van der Waals surface area contributed by atoms with E-state index < -0.39 is 0 Å². The normalized spacial score (nSPS) is 14.1. The first-order valence-electron chi connectivity index (χ1n) is 6.01. The molecule has 1 N–H and O–H groups in total. The molecule has 4 nitrogen and oxygen atoms in total. The van der Waals surface area contributed by atoms with Crippen LogP contribution in [0, 0.1) is 5.41 Å². The number of nitrogens with one attached hydrogen (secondary N) is 1. The van der Waals surface area contributed by atoms with E-state index in [4.69, 9.17) is 0 Å². The zero-order valence-corrected chi connectivity index (χ0v) is 11.1. The van der Waals surface area contributed by atoms with E-state index in [-0.39, 0.29) is 5.41 Å². The van der Waals surface area contributed by atoms with Crippen molar-refractivity contribution in [1.82, 2.24) is 20.1 Å². The summed E-state index contributed by atoms with van der Waals surface area (Å²) in [5.41, 5.74) is 0.252. The molecule has 4 heteroatoms. The minimum absolute atomic E-state index is 0.252. The standard InChI is InChI=1S/C12H24N4/c1-6-13-10(2)7-12(3,4)8-11-14-9-15-16(11)5/h9-10,13H,6-8H2,1-5H3. The molecule has 0 aliphatic carbocycles. The second-order valence-corrected chi connectivity index (χ2v) is 5.30. The second kappa shape index (κ2) is 5.43. The van der Waals surface area contributed by atoms with E-state index in [2.05, 4.69) is 43.1 Å². The van der Waals surface area contributed by atoms with Crippen molar-refractivity contribution in [3.8, 4) is 0 Å². The van der Waals surface area contributed by atoms with Crippen molar-refractivity contribution in [1.29, 1.82) is 0 Å².